The molecule has 1 aliphatic rings. The number of likely N-dealkylation sites (tertiary alicyclic amines) is 1. The van der Waals surface area contributed by atoms with Crippen LogP contribution in [0.15, 0.2) is 24.8 Å². The molecule has 1 aromatic heterocycles. The van der Waals surface area contributed by atoms with Crippen molar-refractivity contribution in [3.63, 3.8) is 0 Å². The predicted molar refractivity (Wildman–Crippen MR) is 91.5 cm³/mol. The van der Waals surface area contributed by atoms with Crippen LogP contribution in [0.25, 0.3) is 0 Å². The van der Waals surface area contributed by atoms with Gasteiger partial charge in [0, 0.05) is 25.6 Å². The number of aryl methyl sites for hydroxylation is 2. The normalized spacial score (nSPS) is 22.0. The van der Waals surface area contributed by atoms with Crippen molar-refractivity contribution in [2.24, 2.45) is 5.92 Å². The number of aliphatic hydroxyl groups excluding tert-OH is 2. The van der Waals surface area contributed by atoms with E-state index in [2.05, 4.69) is 41.0 Å². The van der Waals surface area contributed by atoms with E-state index in [1.807, 2.05) is 4.68 Å². The van der Waals surface area contributed by atoms with E-state index in [1.54, 1.807) is 12.7 Å². The minimum absolute atomic E-state index is 0.0169. The van der Waals surface area contributed by atoms with Crippen LogP contribution in [-0.2, 0) is 13.1 Å². The first-order valence-electron chi connectivity index (χ1n) is 8.49. The number of hydrogen-bond acceptors (Lipinski definition) is 5. The van der Waals surface area contributed by atoms with Crippen molar-refractivity contribution in [1.29, 1.82) is 0 Å². The lowest BCUT2D eigenvalue weighted by atomic mass is 9.93. The highest BCUT2D eigenvalue weighted by Gasteiger charge is 2.27. The van der Waals surface area contributed by atoms with Crippen molar-refractivity contribution in [1.82, 2.24) is 19.7 Å². The summed E-state index contributed by atoms with van der Waals surface area (Å²) < 4.78 is 1.83. The number of aliphatic hydroxyl groups is 2. The molecule has 1 saturated heterocycles. The van der Waals surface area contributed by atoms with Crippen molar-refractivity contribution >= 4 is 0 Å². The van der Waals surface area contributed by atoms with Gasteiger partial charge in [-0.15, -0.1) is 0 Å². The van der Waals surface area contributed by atoms with Crippen molar-refractivity contribution in [2.45, 2.75) is 39.5 Å². The minimum Gasteiger partial charge on any atom is -0.396 e. The number of rotatable bonds is 5. The monoisotopic (exact) mass is 330 g/mol. The molecule has 2 atom stereocenters. The number of benzene rings is 1. The number of piperidine rings is 1. The van der Waals surface area contributed by atoms with Crippen LogP contribution in [0, 0.1) is 19.8 Å². The van der Waals surface area contributed by atoms with Crippen LogP contribution >= 0.6 is 0 Å². The summed E-state index contributed by atoms with van der Waals surface area (Å²) in [6.45, 7) is 7.41. The van der Waals surface area contributed by atoms with Crippen molar-refractivity contribution in [3.8, 4) is 0 Å². The topological polar surface area (TPSA) is 74.4 Å². The number of β-amino-alcohol motifs (C(OH)–C–C–N with tert-alkyl or cyclic N) is 1. The molecule has 0 bridgehead atoms. The van der Waals surface area contributed by atoms with E-state index in [-0.39, 0.29) is 12.5 Å². The Morgan fingerprint density at radius 3 is 2.54 bits per heavy atom. The third kappa shape index (κ3) is 3.83. The minimum atomic E-state index is -0.441. The Kier molecular flexibility index (Phi) is 5.28. The predicted octanol–water partition coefficient (Wildman–Crippen LogP) is 1.12. The molecule has 1 aromatic carbocycles. The van der Waals surface area contributed by atoms with Gasteiger partial charge >= 0.3 is 0 Å². The van der Waals surface area contributed by atoms with E-state index in [4.69, 9.17) is 0 Å². The molecular formula is C18H26N4O2. The van der Waals surface area contributed by atoms with Crippen LogP contribution in [0.2, 0.25) is 0 Å². The Hall–Kier alpha value is -1.76. The van der Waals surface area contributed by atoms with Crippen molar-refractivity contribution in [2.75, 3.05) is 19.7 Å². The number of hydrogen-bond donors (Lipinski definition) is 2. The summed E-state index contributed by atoms with van der Waals surface area (Å²) in [5, 5.41) is 23.6. The standard InChI is InChI=1S/C18H26N4O2/c1-13-5-14(2)17(8-22-12-19-11-20-22)6-16(13)7-21-4-3-15(10-23)18(24)9-21/h5-6,11-12,15,18,23-24H,3-4,7-10H2,1-2H3/t15-,18+/m0/s1. The van der Waals surface area contributed by atoms with Crippen LogP contribution < -0.4 is 0 Å². The third-order valence-electron chi connectivity index (χ3n) is 5.03. The average Bonchev–Trinajstić information content (AvgIpc) is 3.05. The molecule has 6 nitrogen and oxygen atoms in total. The highest BCUT2D eigenvalue weighted by atomic mass is 16.3. The van der Waals surface area contributed by atoms with E-state index in [0.29, 0.717) is 13.1 Å². The Balaban J connectivity index is 1.73. The van der Waals surface area contributed by atoms with Crippen LogP contribution in [0.1, 0.15) is 28.7 Å². The summed E-state index contributed by atoms with van der Waals surface area (Å²) in [6, 6.07) is 4.47. The zero-order valence-electron chi connectivity index (χ0n) is 14.4. The molecule has 2 heterocycles. The lowest BCUT2D eigenvalue weighted by Gasteiger charge is -2.35. The molecule has 0 spiro atoms. The van der Waals surface area contributed by atoms with Gasteiger partial charge in [0.25, 0.3) is 0 Å². The molecule has 0 aliphatic carbocycles. The van der Waals surface area contributed by atoms with E-state index < -0.39 is 6.10 Å². The molecule has 2 aromatic rings. The zero-order valence-corrected chi connectivity index (χ0v) is 14.4. The van der Waals surface area contributed by atoms with Gasteiger partial charge in [0.15, 0.2) is 0 Å². The van der Waals surface area contributed by atoms with Crippen LogP contribution in [-0.4, -0.2) is 55.7 Å². The van der Waals surface area contributed by atoms with Gasteiger partial charge in [-0.3, -0.25) is 4.90 Å². The van der Waals surface area contributed by atoms with E-state index >= 15 is 0 Å². The second-order valence-corrected chi connectivity index (χ2v) is 6.83. The van der Waals surface area contributed by atoms with E-state index in [9.17, 15) is 10.2 Å². The summed E-state index contributed by atoms with van der Waals surface area (Å²) in [4.78, 5) is 6.27. The maximum absolute atomic E-state index is 10.1. The van der Waals surface area contributed by atoms with Gasteiger partial charge in [0.05, 0.1) is 12.6 Å². The smallest absolute Gasteiger partial charge is 0.137 e. The van der Waals surface area contributed by atoms with Crippen molar-refractivity contribution < 1.29 is 10.2 Å². The number of aromatic nitrogens is 3. The van der Waals surface area contributed by atoms with Crippen molar-refractivity contribution in [3.05, 3.63) is 47.0 Å². The fourth-order valence-corrected chi connectivity index (χ4v) is 3.42. The Labute approximate surface area is 142 Å². The van der Waals surface area contributed by atoms with Gasteiger partial charge in [0.1, 0.15) is 12.7 Å². The molecule has 3 rings (SSSR count). The lowest BCUT2D eigenvalue weighted by molar-refractivity contribution is -0.00450. The van der Waals surface area contributed by atoms with Gasteiger partial charge in [-0.25, -0.2) is 9.67 Å². The summed E-state index contributed by atoms with van der Waals surface area (Å²) >= 11 is 0. The second kappa shape index (κ2) is 7.42. The second-order valence-electron chi connectivity index (χ2n) is 6.83. The zero-order chi connectivity index (χ0) is 17.1. The van der Waals surface area contributed by atoms with Gasteiger partial charge in [-0.05, 0) is 49.1 Å². The molecule has 0 unspecified atom stereocenters. The molecule has 1 fully saturated rings. The fraction of sp³-hybridized carbons (Fsp3) is 0.556. The number of nitrogens with zero attached hydrogens (tertiary/aromatic N) is 4. The Bertz CT molecular complexity index is 672. The summed E-state index contributed by atoms with van der Waals surface area (Å²) in [5.41, 5.74) is 5.05. The van der Waals surface area contributed by atoms with Crippen LogP contribution in [0.5, 0.6) is 0 Å². The average molecular weight is 330 g/mol. The van der Waals surface area contributed by atoms with Gasteiger partial charge < -0.3 is 10.2 Å². The molecular weight excluding hydrogens is 304 g/mol. The fourth-order valence-electron chi connectivity index (χ4n) is 3.42. The van der Waals surface area contributed by atoms with E-state index in [1.165, 1.54) is 22.3 Å². The molecule has 130 valence electrons. The molecule has 24 heavy (non-hydrogen) atoms. The quantitative estimate of drug-likeness (QED) is 0.859. The molecule has 1 aliphatic heterocycles. The van der Waals surface area contributed by atoms with Gasteiger partial charge in [-0.2, -0.15) is 5.10 Å². The largest absolute Gasteiger partial charge is 0.396 e. The van der Waals surface area contributed by atoms with Crippen LogP contribution in [0.3, 0.4) is 0 Å². The maximum Gasteiger partial charge on any atom is 0.137 e. The molecule has 0 radical (unpaired) electrons. The highest BCUT2D eigenvalue weighted by molar-refractivity contribution is 5.37. The first kappa shape index (κ1) is 17.1. The Morgan fingerprint density at radius 1 is 1.17 bits per heavy atom. The SMILES string of the molecule is Cc1cc(C)c(Cn2cncn2)cc1CN1CC[C@@H](CO)[C@H](O)C1. The maximum atomic E-state index is 10.1. The molecule has 0 amide bonds. The summed E-state index contributed by atoms with van der Waals surface area (Å²) in [5.74, 6) is 0.0169. The first-order chi connectivity index (χ1) is 11.6. The molecule has 6 heteroatoms. The molecule has 2 N–H and O–H groups in total. The third-order valence-corrected chi connectivity index (χ3v) is 5.03. The molecule has 0 saturated carbocycles. The van der Waals surface area contributed by atoms with Crippen LogP contribution in [0.4, 0.5) is 0 Å². The summed E-state index contributed by atoms with van der Waals surface area (Å²) in [7, 11) is 0. The Morgan fingerprint density at radius 2 is 1.92 bits per heavy atom. The summed E-state index contributed by atoms with van der Waals surface area (Å²) in [6.07, 6.45) is 3.68. The lowest BCUT2D eigenvalue weighted by Crippen LogP contribution is -2.44. The highest BCUT2D eigenvalue weighted by Crippen LogP contribution is 2.22. The van der Waals surface area contributed by atoms with E-state index in [0.717, 1.165) is 19.5 Å². The first-order valence-corrected chi connectivity index (χ1v) is 8.49. The van der Waals surface area contributed by atoms with Gasteiger partial charge in [0.2, 0.25) is 0 Å². The van der Waals surface area contributed by atoms with Gasteiger partial charge in [-0.1, -0.05) is 12.1 Å².